The summed E-state index contributed by atoms with van der Waals surface area (Å²) >= 11 is 0. The van der Waals surface area contributed by atoms with Crippen LogP contribution < -0.4 is 0 Å². The molecule has 0 amide bonds. The fourth-order valence-electron chi connectivity index (χ4n) is 7.46. The van der Waals surface area contributed by atoms with Crippen LogP contribution in [0.15, 0.2) is 121 Å². The van der Waals surface area contributed by atoms with Crippen molar-refractivity contribution in [2.45, 2.75) is 107 Å². The van der Waals surface area contributed by atoms with Crippen molar-refractivity contribution in [2.75, 3.05) is 19.8 Å². The first-order valence-corrected chi connectivity index (χ1v) is 24.9. The minimum atomic E-state index is -1.72. The molecule has 0 unspecified atom stereocenters. The number of benzene rings is 4. The Morgan fingerprint density at radius 1 is 0.562 bits per heavy atom. The van der Waals surface area contributed by atoms with E-state index in [1.807, 2.05) is 0 Å². The smallest absolute Gasteiger partial charge is 0.338 e. The predicted octanol–water partition coefficient (Wildman–Crippen LogP) is 6.22. The van der Waals surface area contributed by atoms with Crippen molar-refractivity contribution in [2.24, 2.45) is 0 Å². The van der Waals surface area contributed by atoms with E-state index in [0.29, 0.717) is 11.6 Å². The molecule has 3 saturated heterocycles. The molecule has 10 atom stereocenters. The zero-order chi connectivity index (χ0) is 45.4. The number of esters is 4. The summed E-state index contributed by atoms with van der Waals surface area (Å²) in [5.74, 6) is -4.07. The van der Waals surface area contributed by atoms with Crippen LogP contribution in [0.5, 0.6) is 0 Å². The molecule has 0 aliphatic carbocycles. The van der Waals surface area contributed by atoms with E-state index in [1.54, 1.807) is 135 Å². The highest BCUT2D eigenvalue weighted by Gasteiger charge is 2.60. The summed E-state index contributed by atoms with van der Waals surface area (Å²) in [6.07, 6.45) is -13.4. The van der Waals surface area contributed by atoms with Gasteiger partial charge in [-0.2, -0.15) is 0 Å². The Balaban J connectivity index is 1.24. The third-order valence-electron chi connectivity index (χ3n) is 10.8. The number of rotatable bonds is 16. The largest absolute Gasteiger partial charge is 0.459 e. The molecule has 3 aliphatic rings. The maximum absolute atomic E-state index is 13.8. The molecule has 3 fully saturated rings. The molecule has 7 rings (SSSR count). The van der Waals surface area contributed by atoms with Gasteiger partial charge in [0.25, 0.3) is 0 Å². The molecule has 16 heteroatoms. The van der Waals surface area contributed by atoms with Gasteiger partial charge in [-0.1, -0.05) is 92.4 Å². The van der Waals surface area contributed by atoms with Crippen LogP contribution >= 0.6 is 0 Å². The van der Waals surface area contributed by atoms with Gasteiger partial charge < -0.3 is 52.5 Å². The van der Waals surface area contributed by atoms with Gasteiger partial charge in [0.1, 0.15) is 49.8 Å². The van der Waals surface area contributed by atoms with Crippen LogP contribution in [-0.2, 0) is 47.4 Å². The SMILES string of the molecule is CC1(C)O[C@H]2[C@@H](O1)[C@@H](COC(=O)c1ccccc1)O[C@@H](O[C@H]1[C@H](O)[C@@H](OC(=O)c3ccccc3)[C@H](OCC[Si](C)(C)C)O[C@@H]1COC(=O)c1ccccc1)[C@@H]2OC(=O)c1ccccc1. The molecule has 1 N–H and O–H groups in total. The van der Waals surface area contributed by atoms with Crippen molar-refractivity contribution in [1.82, 2.24) is 0 Å². The quantitative estimate of drug-likeness (QED) is 0.0760. The number of hydrogen-bond acceptors (Lipinski definition) is 15. The molecule has 3 aliphatic heterocycles. The van der Waals surface area contributed by atoms with Crippen LogP contribution in [0, 0.1) is 0 Å². The Labute approximate surface area is 372 Å². The van der Waals surface area contributed by atoms with Crippen molar-refractivity contribution in [3.63, 3.8) is 0 Å². The van der Waals surface area contributed by atoms with E-state index in [2.05, 4.69) is 19.6 Å². The number of fused-ring (bicyclic) bond motifs is 1. The second-order valence-electron chi connectivity index (χ2n) is 17.3. The Morgan fingerprint density at radius 3 is 1.47 bits per heavy atom. The third kappa shape index (κ3) is 11.9. The van der Waals surface area contributed by atoms with Crippen molar-refractivity contribution in [3.8, 4) is 0 Å². The van der Waals surface area contributed by atoms with Crippen LogP contribution in [0.1, 0.15) is 55.3 Å². The fourth-order valence-corrected chi connectivity index (χ4v) is 8.19. The van der Waals surface area contributed by atoms with Crippen molar-refractivity contribution >= 4 is 32.0 Å². The molecule has 3 heterocycles. The first-order chi connectivity index (χ1) is 30.7. The van der Waals surface area contributed by atoms with Gasteiger partial charge in [-0.3, -0.25) is 0 Å². The van der Waals surface area contributed by atoms with E-state index in [1.165, 1.54) is 0 Å². The highest BCUT2D eigenvalue weighted by molar-refractivity contribution is 6.76. The summed E-state index contributed by atoms with van der Waals surface area (Å²) in [6.45, 7) is 9.24. The lowest BCUT2D eigenvalue weighted by molar-refractivity contribution is -0.351. The van der Waals surface area contributed by atoms with Gasteiger partial charge in [0.2, 0.25) is 0 Å². The van der Waals surface area contributed by atoms with Crippen molar-refractivity contribution in [1.29, 1.82) is 0 Å². The van der Waals surface area contributed by atoms with E-state index in [-0.39, 0.29) is 29.9 Å². The Bertz CT molecular complexity index is 2170. The molecule has 0 saturated carbocycles. The molecule has 4 aromatic carbocycles. The zero-order valence-corrected chi connectivity index (χ0v) is 37.3. The van der Waals surface area contributed by atoms with Crippen LogP contribution in [0.2, 0.25) is 25.7 Å². The molecular weight excluding hydrogens is 845 g/mol. The maximum atomic E-state index is 13.8. The minimum Gasteiger partial charge on any atom is -0.459 e. The average molecular weight is 899 g/mol. The lowest BCUT2D eigenvalue weighted by atomic mass is 9.96. The van der Waals surface area contributed by atoms with Crippen molar-refractivity contribution < 1.29 is 71.7 Å². The fraction of sp³-hybridized carbons (Fsp3) is 0.417. The molecule has 64 heavy (non-hydrogen) atoms. The van der Waals surface area contributed by atoms with Crippen LogP contribution in [0.25, 0.3) is 0 Å². The van der Waals surface area contributed by atoms with Gasteiger partial charge in [0, 0.05) is 14.7 Å². The normalized spacial score (nSPS) is 27.4. The molecule has 15 nitrogen and oxygen atoms in total. The number of aliphatic hydroxyl groups excluding tert-OH is 1. The lowest BCUT2D eigenvalue weighted by Crippen LogP contribution is -2.65. The summed E-state index contributed by atoms with van der Waals surface area (Å²) in [5.41, 5.74) is 0.981. The minimum absolute atomic E-state index is 0.204. The van der Waals surface area contributed by atoms with Gasteiger partial charge in [0.15, 0.2) is 30.6 Å². The topological polar surface area (TPSA) is 181 Å². The zero-order valence-electron chi connectivity index (χ0n) is 36.3. The first-order valence-electron chi connectivity index (χ1n) is 21.2. The van der Waals surface area contributed by atoms with Crippen LogP contribution in [0.4, 0.5) is 0 Å². The predicted molar refractivity (Wildman–Crippen MR) is 231 cm³/mol. The maximum Gasteiger partial charge on any atom is 0.338 e. The molecule has 340 valence electrons. The van der Waals surface area contributed by atoms with E-state index >= 15 is 0 Å². The van der Waals surface area contributed by atoms with E-state index in [9.17, 15) is 24.3 Å². The second kappa shape index (κ2) is 20.7. The van der Waals surface area contributed by atoms with Crippen LogP contribution in [-0.4, -0.2) is 124 Å². The number of carbonyl (C=O) groups excluding carboxylic acids is 4. The van der Waals surface area contributed by atoms with Gasteiger partial charge in [-0.15, -0.1) is 0 Å². The van der Waals surface area contributed by atoms with Gasteiger partial charge in [0.05, 0.1) is 22.3 Å². The number of ether oxygens (including phenoxy) is 10. The van der Waals surface area contributed by atoms with E-state index < -0.39 is 106 Å². The second-order valence-corrected chi connectivity index (χ2v) is 22.9. The summed E-state index contributed by atoms with van der Waals surface area (Å²) in [5, 5.41) is 12.4. The summed E-state index contributed by atoms with van der Waals surface area (Å²) in [4.78, 5) is 54.0. The van der Waals surface area contributed by atoms with Crippen LogP contribution in [0.3, 0.4) is 0 Å². The molecule has 4 aromatic rings. The Morgan fingerprint density at radius 2 is 0.984 bits per heavy atom. The monoisotopic (exact) mass is 898 g/mol. The van der Waals surface area contributed by atoms with Gasteiger partial charge in [-0.25, -0.2) is 19.2 Å². The van der Waals surface area contributed by atoms with E-state index in [0.717, 1.165) is 0 Å². The Kier molecular flexibility index (Phi) is 15.1. The Hall–Kier alpha value is -5.30. The highest BCUT2D eigenvalue weighted by atomic mass is 28.3. The number of aliphatic hydroxyl groups is 1. The van der Waals surface area contributed by atoms with E-state index in [4.69, 9.17) is 47.4 Å². The number of hydrogen-bond donors (Lipinski definition) is 1. The van der Waals surface area contributed by atoms with Gasteiger partial charge in [-0.05, 0) is 68.4 Å². The van der Waals surface area contributed by atoms with Crippen molar-refractivity contribution in [3.05, 3.63) is 144 Å². The molecule has 0 spiro atoms. The average Bonchev–Trinajstić information content (AvgIpc) is 3.63. The first kappa shape index (κ1) is 46.7. The standard InChI is InChI=1S/C48H54O15Si/c1-48(2)62-38-35(29-56-43(51)31-20-12-7-13-21-31)58-47(41(40(38)63-48)60-45(53)33-24-16-9-17-25-33)61-37-34(28-55-42(50)30-18-10-6-11-19-30)57-46(54-26-27-64(3,4)5)39(36(37)49)59-44(52)32-22-14-8-15-23-32/h6-25,34-41,46-47,49H,26-29H2,1-5H3/t34-,35-,36+,37-,38+,39-,40+,41-,46-,47+/m1/s1. The third-order valence-corrected chi connectivity index (χ3v) is 12.5. The summed E-state index contributed by atoms with van der Waals surface area (Å²) in [6, 6.07) is 33.8. The molecule has 0 bridgehead atoms. The molecule has 0 aromatic heterocycles. The number of carbonyl (C=O) groups is 4. The molecule has 0 radical (unpaired) electrons. The lowest BCUT2D eigenvalue weighted by Gasteiger charge is -2.47. The summed E-state index contributed by atoms with van der Waals surface area (Å²) < 4.78 is 62.3. The van der Waals surface area contributed by atoms with Gasteiger partial charge >= 0.3 is 23.9 Å². The molecular formula is C48H54O15Si. The summed E-state index contributed by atoms with van der Waals surface area (Å²) in [7, 11) is -1.66. The highest BCUT2D eigenvalue weighted by Crippen LogP contribution is 2.41.